The van der Waals surface area contributed by atoms with E-state index in [1.165, 1.54) is 42.6 Å². The molecule has 0 aliphatic rings. The smallest absolute Gasteiger partial charge is 0.164 e. The van der Waals surface area contributed by atoms with Crippen LogP contribution in [0.25, 0.3) is 82.4 Å². The molecule has 6 aromatic carbocycles. The fraction of sp³-hybridized carbons (Fsp3) is 0. The Labute approximate surface area is 269 Å². The Morgan fingerprint density at radius 1 is 0.391 bits per heavy atom. The second-order valence-corrected chi connectivity index (χ2v) is 12.3. The van der Waals surface area contributed by atoms with Gasteiger partial charge in [-0.15, -0.1) is 11.3 Å². The molecule has 0 spiro atoms. The summed E-state index contributed by atoms with van der Waals surface area (Å²) in [6, 6.07) is 55.0. The highest BCUT2D eigenvalue weighted by atomic mass is 32.1. The molecule has 0 N–H and O–H groups in total. The largest absolute Gasteiger partial charge is 0.299 e. The van der Waals surface area contributed by atoms with Gasteiger partial charge in [0, 0.05) is 27.6 Å². The SMILES string of the molecule is c1ccc(-c2ccc3c(c2)c(-c2ccc(-c4nc(-c5ccccc5)nc(-c5ccccc5)n4)cc2)c2sc4ccccc4n23)cc1. The summed E-state index contributed by atoms with van der Waals surface area (Å²) in [6.45, 7) is 0. The fourth-order valence-corrected chi connectivity index (χ4v) is 7.49. The van der Waals surface area contributed by atoms with Crippen molar-refractivity contribution in [1.82, 2.24) is 19.4 Å². The Kier molecular flexibility index (Phi) is 6.28. The van der Waals surface area contributed by atoms with Crippen LogP contribution in [0.2, 0.25) is 0 Å². The molecular formula is C41H26N4S. The Balaban J connectivity index is 1.22. The molecule has 0 bridgehead atoms. The van der Waals surface area contributed by atoms with Gasteiger partial charge in [0.1, 0.15) is 4.83 Å². The van der Waals surface area contributed by atoms with Gasteiger partial charge in [0.25, 0.3) is 0 Å². The Hall–Kier alpha value is -5.91. The highest BCUT2D eigenvalue weighted by Crippen LogP contribution is 2.43. The molecule has 9 aromatic rings. The molecule has 9 rings (SSSR count). The van der Waals surface area contributed by atoms with Crippen molar-refractivity contribution in [1.29, 1.82) is 0 Å². The normalized spacial score (nSPS) is 11.5. The molecule has 0 unspecified atom stereocenters. The zero-order chi connectivity index (χ0) is 30.5. The molecule has 216 valence electrons. The molecule has 0 amide bonds. The molecule has 0 radical (unpaired) electrons. The Morgan fingerprint density at radius 2 is 0.870 bits per heavy atom. The van der Waals surface area contributed by atoms with E-state index in [0.29, 0.717) is 17.5 Å². The monoisotopic (exact) mass is 606 g/mol. The van der Waals surface area contributed by atoms with E-state index >= 15 is 0 Å². The van der Waals surface area contributed by atoms with E-state index in [2.05, 4.69) is 101 Å². The van der Waals surface area contributed by atoms with Crippen LogP contribution in [0.5, 0.6) is 0 Å². The van der Waals surface area contributed by atoms with Crippen LogP contribution < -0.4 is 0 Å². The number of aromatic nitrogens is 4. The number of hydrogen-bond acceptors (Lipinski definition) is 4. The number of thiazole rings is 1. The van der Waals surface area contributed by atoms with Crippen LogP contribution in [-0.2, 0) is 0 Å². The number of hydrogen-bond donors (Lipinski definition) is 0. The summed E-state index contributed by atoms with van der Waals surface area (Å²) in [7, 11) is 0. The lowest BCUT2D eigenvalue weighted by Gasteiger charge is -2.09. The molecule has 0 fully saturated rings. The topological polar surface area (TPSA) is 43.1 Å². The van der Waals surface area contributed by atoms with Gasteiger partial charge in [0.05, 0.1) is 15.7 Å². The van der Waals surface area contributed by atoms with Gasteiger partial charge in [-0.05, 0) is 41.0 Å². The molecule has 0 saturated carbocycles. The van der Waals surface area contributed by atoms with E-state index < -0.39 is 0 Å². The summed E-state index contributed by atoms with van der Waals surface area (Å²) in [6.07, 6.45) is 0. The number of para-hydroxylation sites is 1. The van der Waals surface area contributed by atoms with Gasteiger partial charge in [0.2, 0.25) is 0 Å². The molecule has 0 aliphatic carbocycles. The van der Waals surface area contributed by atoms with Gasteiger partial charge >= 0.3 is 0 Å². The number of nitrogens with zero attached hydrogens (tertiary/aromatic N) is 4. The first-order valence-corrected chi connectivity index (χ1v) is 16.1. The van der Waals surface area contributed by atoms with Crippen LogP contribution in [0.1, 0.15) is 0 Å². The van der Waals surface area contributed by atoms with E-state index in [9.17, 15) is 0 Å². The van der Waals surface area contributed by atoms with Crippen molar-refractivity contribution in [2.45, 2.75) is 0 Å². The Morgan fingerprint density at radius 3 is 1.48 bits per heavy atom. The van der Waals surface area contributed by atoms with Crippen LogP contribution in [0.15, 0.2) is 158 Å². The summed E-state index contributed by atoms with van der Waals surface area (Å²) in [4.78, 5) is 16.0. The highest BCUT2D eigenvalue weighted by Gasteiger charge is 2.19. The fourth-order valence-electron chi connectivity index (χ4n) is 6.25. The van der Waals surface area contributed by atoms with Crippen molar-refractivity contribution in [3.8, 4) is 56.4 Å². The van der Waals surface area contributed by atoms with Gasteiger partial charge in [-0.25, -0.2) is 15.0 Å². The molecule has 3 aromatic heterocycles. The first-order chi connectivity index (χ1) is 22.8. The van der Waals surface area contributed by atoms with Crippen LogP contribution in [0, 0.1) is 0 Å². The number of benzene rings is 6. The van der Waals surface area contributed by atoms with E-state index in [0.717, 1.165) is 22.3 Å². The average molecular weight is 607 g/mol. The van der Waals surface area contributed by atoms with Gasteiger partial charge in [0.15, 0.2) is 17.5 Å². The van der Waals surface area contributed by atoms with E-state index in [4.69, 9.17) is 15.0 Å². The van der Waals surface area contributed by atoms with Crippen molar-refractivity contribution in [3.05, 3.63) is 158 Å². The van der Waals surface area contributed by atoms with Crippen LogP contribution in [0.4, 0.5) is 0 Å². The van der Waals surface area contributed by atoms with E-state index in [-0.39, 0.29) is 0 Å². The van der Waals surface area contributed by atoms with E-state index in [1.807, 2.05) is 72.0 Å². The summed E-state index contributed by atoms with van der Waals surface area (Å²) < 4.78 is 3.69. The van der Waals surface area contributed by atoms with Gasteiger partial charge in [-0.3, -0.25) is 4.40 Å². The van der Waals surface area contributed by atoms with Crippen molar-refractivity contribution in [3.63, 3.8) is 0 Å². The zero-order valence-electron chi connectivity index (χ0n) is 24.7. The molecule has 0 saturated heterocycles. The van der Waals surface area contributed by atoms with E-state index in [1.54, 1.807) is 0 Å². The summed E-state index contributed by atoms with van der Waals surface area (Å²) in [5.74, 6) is 1.97. The third-order valence-electron chi connectivity index (χ3n) is 8.47. The minimum atomic E-state index is 0.652. The predicted octanol–water partition coefficient (Wildman–Crippen LogP) is 10.8. The summed E-state index contributed by atoms with van der Waals surface area (Å²) in [5, 5.41) is 1.24. The molecule has 0 aliphatic heterocycles. The minimum Gasteiger partial charge on any atom is -0.299 e. The van der Waals surface area contributed by atoms with Crippen molar-refractivity contribution >= 4 is 37.3 Å². The van der Waals surface area contributed by atoms with Crippen LogP contribution in [0.3, 0.4) is 0 Å². The third kappa shape index (κ3) is 4.48. The van der Waals surface area contributed by atoms with Gasteiger partial charge in [-0.1, -0.05) is 133 Å². The second kappa shape index (κ2) is 10.9. The quantitative estimate of drug-likeness (QED) is 0.196. The lowest BCUT2D eigenvalue weighted by molar-refractivity contribution is 1.07. The first-order valence-electron chi connectivity index (χ1n) is 15.3. The maximum Gasteiger partial charge on any atom is 0.164 e. The molecule has 3 heterocycles. The molecule has 4 nitrogen and oxygen atoms in total. The average Bonchev–Trinajstić information content (AvgIpc) is 3.67. The number of rotatable bonds is 5. The molecule has 46 heavy (non-hydrogen) atoms. The van der Waals surface area contributed by atoms with Crippen molar-refractivity contribution in [2.24, 2.45) is 0 Å². The maximum absolute atomic E-state index is 4.94. The molecule has 5 heteroatoms. The second-order valence-electron chi connectivity index (χ2n) is 11.3. The van der Waals surface area contributed by atoms with Crippen molar-refractivity contribution in [2.75, 3.05) is 0 Å². The Bertz CT molecular complexity index is 2440. The highest BCUT2D eigenvalue weighted by molar-refractivity contribution is 7.24. The summed E-state index contributed by atoms with van der Waals surface area (Å²) >= 11 is 1.84. The lowest BCUT2D eigenvalue weighted by Crippen LogP contribution is -2.00. The predicted molar refractivity (Wildman–Crippen MR) is 191 cm³/mol. The zero-order valence-corrected chi connectivity index (χ0v) is 25.5. The lowest BCUT2D eigenvalue weighted by atomic mass is 9.99. The summed E-state index contributed by atoms with van der Waals surface area (Å²) in [5.41, 5.74) is 10.1. The first kappa shape index (κ1) is 26.5. The standard InChI is InChI=1S/C41H26N4S/c1-4-12-27(13-5-1)32-24-25-34-33(26-32)37(41-45(34)35-18-10-11-19-36(35)46-41)28-20-22-31(23-21-28)40-43-38(29-14-6-2-7-15-29)42-39(44-40)30-16-8-3-9-17-30/h1-26H. The minimum absolute atomic E-state index is 0.652. The molecular weight excluding hydrogens is 581 g/mol. The third-order valence-corrected chi connectivity index (χ3v) is 9.62. The van der Waals surface area contributed by atoms with Gasteiger partial charge in [-0.2, -0.15) is 0 Å². The molecule has 0 atom stereocenters. The van der Waals surface area contributed by atoms with Crippen LogP contribution in [-0.4, -0.2) is 19.4 Å². The maximum atomic E-state index is 4.94. The van der Waals surface area contributed by atoms with Crippen LogP contribution >= 0.6 is 11.3 Å². The number of fused-ring (bicyclic) bond motifs is 5. The van der Waals surface area contributed by atoms with Gasteiger partial charge < -0.3 is 0 Å². The van der Waals surface area contributed by atoms with Crippen molar-refractivity contribution < 1.29 is 0 Å².